The van der Waals surface area contributed by atoms with Crippen LogP contribution >= 0.6 is 0 Å². The highest BCUT2D eigenvalue weighted by molar-refractivity contribution is 7.91. The molecule has 0 unspecified atom stereocenters. The van der Waals surface area contributed by atoms with Crippen LogP contribution in [0.4, 0.5) is 0 Å². The molecule has 0 spiro atoms. The molecule has 0 saturated heterocycles. The fourth-order valence-corrected chi connectivity index (χ4v) is 6.11. The van der Waals surface area contributed by atoms with Gasteiger partial charge in [0.25, 0.3) is 0 Å². The van der Waals surface area contributed by atoms with E-state index >= 15 is 0 Å². The maximum absolute atomic E-state index is 12.0. The van der Waals surface area contributed by atoms with E-state index in [0.29, 0.717) is 10.8 Å². The summed E-state index contributed by atoms with van der Waals surface area (Å²) in [6.45, 7) is 5.96. The fraction of sp³-hybridized carbons (Fsp3) is 0.357. The lowest BCUT2D eigenvalue weighted by molar-refractivity contribution is 0.0600. The number of hydrogen-bond donors (Lipinski definition) is 0. The maximum Gasteiger partial charge on any atom is 0.339 e. The zero-order valence-corrected chi connectivity index (χ0v) is 14.1. The van der Waals surface area contributed by atoms with Crippen LogP contribution in [0.5, 0.6) is 0 Å². The van der Waals surface area contributed by atoms with Gasteiger partial charge in [-0.15, -0.1) is 6.42 Å². The molecule has 0 fully saturated rings. The van der Waals surface area contributed by atoms with Crippen LogP contribution in [0.2, 0.25) is 19.6 Å². The second-order valence-electron chi connectivity index (χ2n) is 5.52. The third-order valence-corrected chi connectivity index (χ3v) is 6.21. The monoisotopic (exact) mass is 310 g/mol. The molecule has 0 aliphatic heterocycles. The van der Waals surface area contributed by atoms with Crippen molar-refractivity contribution in [1.29, 1.82) is 0 Å². The smallest absolute Gasteiger partial charge is 0.339 e. The molecule has 0 aliphatic rings. The molecule has 0 amide bonds. The number of terminal acetylenes is 1. The van der Waals surface area contributed by atoms with Gasteiger partial charge in [-0.25, -0.2) is 13.2 Å². The van der Waals surface area contributed by atoms with Gasteiger partial charge in [-0.2, -0.15) is 0 Å². The average Bonchev–Trinajstić information content (AvgIpc) is 2.33. The van der Waals surface area contributed by atoms with Crippen molar-refractivity contribution in [2.24, 2.45) is 0 Å². The van der Waals surface area contributed by atoms with Crippen molar-refractivity contribution in [3.63, 3.8) is 0 Å². The van der Waals surface area contributed by atoms with Crippen molar-refractivity contribution >= 4 is 29.1 Å². The highest BCUT2D eigenvalue weighted by Gasteiger charge is 2.30. The molecule has 20 heavy (non-hydrogen) atoms. The normalized spacial score (nSPS) is 11.8. The third-order valence-electron chi connectivity index (χ3n) is 2.87. The molecule has 0 atom stereocenters. The van der Waals surface area contributed by atoms with E-state index in [9.17, 15) is 13.2 Å². The van der Waals surface area contributed by atoms with Gasteiger partial charge < -0.3 is 4.74 Å². The van der Waals surface area contributed by atoms with Crippen molar-refractivity contribution in [1.82, 2.24) is 0 Å². The number of carbonyl (C=O) groups is 1. The lowest BCUT2D eigenvalue weighted by Gasteiger charge is -2.23. The highest BCUT2D eigenvalue weighted by atomic mass is 32.2. The van der Waals surface area contributed by atoms with Gasteiger partial charge in [0.2, 0.25) is 0 Å². The average molecular weight is 310 g/mol. The van der Waals surface area contributed by atoms with E-state index in [1.54, 1.807) is 0 Å². The quantitative estimate of drug-likeness (QED) is 0.481. The van der Waals surface area contributed by atoms with Crippen molar-refractivity contribution in [3.05, 3.63) is 23.3 Å². The minimum Gasteiger partial charge on any atom is -0.465 e. The van der Waals surface area contributed by atoms with Gasteiger partial charge >= 0.3 is 5.97 Å². The Kier molecular flexibility index (Phi) is 4.47. The first kappa shape index (κ1) is 16.5. The molecular weight excluding hydrogens is 292 g/mol. The molecule has 0 saturated carbocycles. The summed E-state index contributed by atoms with van der Waals surface area (Å²) in [6.07, 6.45) is 6.67. The predicted molar refractivity (Wildman–Crippen MR) is 81.8 cm³/mol. The van der Waals surface area contributed by atoms with Crippen molar-refractivity contribution in [2.45, 2.75) is 24.5 Å². The van der Waals surface area contributed by atoms with E-state index in [1.807, 2.05) is 19.6 Å². The van der Waals surface area contributed by atoms with E-state index in [-0.39, 0.29) is 10.5 Å². The number of benzene rings is 1. The van der Waals surface area contributed by atoms with Crippen molar-refractivity contribution in [3.8, 4) is 12.3 Å². The number of esters is 1. The number of sulfone groups is 1. The second-order valence-corrected chi connectivity index (χ2v) is 12.5. The van der Waals surface area contributed by atoms with Crippen LogP contribution in [0.25, 0.3) is 0 Å². The molecule has 0 aliphatic carbocycles. The molecule has 0 radical (unpaired) electrons. The summed E-state index contributed by atoms with van der Waals surface area (Å²) < 4.78 is 28.6. The van der Waals surface area contributed by atoms with Crippen LogP contribution in [0.15, 0.2) is 17.0 Å². The van der Waals surface area contributed by atoms with Gasteiger partial charge in [0.1, 0.15) is 0 Å². The maximum atomic E-state index is 12.0. The highest BCUT2D eigenvalue weighted by Crippen LogP contribution is 2.19. The van der Waals surface area contributed by atoms with E-state index in [1.165, 1.54) is 19.2 Å². The van der Waals surface area contributed by atoms with E-state index < -0.39 is 23.9 Å². The van der Waals surface area contributed by atoms with Crippen LogP contribution < -0.4 is 5.19 Å². The van der Waals surface area contributed by atoms with Gasteiger partial charge in [0.05, 0.1) is 25.6 Å². The number of methoxy groups -OCH3 is 1. The molecule has 0 bridgehead atoms. The van der Waals surface area contributed by atoms with Crippen LogP contribution in [0.1, 0.15) is 15.9 Å². The lowest BCUT2D eigenvalue weighted by atomic mass is 10.1. The Morgan fingerprint density at radius 2 is 1.85 bits per heavy atom. The molecule has 1 aromatic carbocycles. The SMILES string of the molecule is C#Cc1c(C(=O)OC)ccc(S(C)(=O)=O)c1[Si](C)(C)C. The first-order chi connectivity index (χ1) is 9.04. The van der Waals surface area contributed by atoms with Crippen LogP contribution in [0, 0.1) is 12.3 Å². The molecule has 0 N–H and O–H groups in total. The predicted octanol–water partition coefficient (Wildman–Crippen LogP) is 1.40. The largest absolute Gasteiger partial charge is 0.465 e. The van der Waals surface area contributed by atoms with E-state index in [4.69, 9.17) is 11.2 Å². The van der Waals surface area contributed by atoms with Gasteiger partial charge in [-0.05, 0) is 17.3 Å². The molecular formula is C14H18O4SSi. The molecule has 0 heterocycles. The van der Waals surface area contributed by atoms with E-state index in [2.05, 4.69) is 5.92 Å². The van der Waals surface area contributed by atoms with Gasteiger partial charge in [-0.1, -0.05) is 25.6 Å². The summed E-state index contributed by atoms with van der Waals surface area (Å²) in [5.74, 6) is 1.91. The Balaban J connectivity index is 3.90. The van der Waals surface area contributed by atoms with Crippen LogP contribution in [-0.4, -0.2) is 35.8 Å². The second kappa shape index (κ2) is 5.42. The first-order valence-corrected chi connectivity index (χ1v) is 11.4. The fourth-order valence-electron chi connectivity index (χ4n) is 2.07. The Morgan fingerprint density at radius 3 is 2.20 bits per heavy atom. The molecule has 108 valence electrons. The van der Waals surface area contributed by atoms with Gasteiger partial charge in [-0.3, -0.25) is 0 Å². The summed E-state index contributed by atoms with van der Waals surface area (Å²) in [5, 5.41) is 0.602. The Labute approximate surface area is 121 Å². The van der Waals surface area contributed by atoms with Crippen molar-refractivity contribution in [2.75, 3.05) is 13.4 Å². The molecule has 6 heteroatoms. The summed E-state index contributed by atoms with van der Waals surface area (Å²) >= 11 is 0. The van der Waals surface area contributed by atoms with Crippen LogP contribution in [-0.2, 0) is 14.6 Å². The summed E-state index contributed by atoms with van der Waals surface area (Å²) in [5.41, 5.74) is 0.568. The Bertz CT molecular complexity index is 691. The first-order valence-electron chi connectivity index (χ1n) is 5.96. The standard InChI is InChI=1S/C14H18O4SSi/c1-7-10-11(14(15)18-2)8-9-12(19(3,16)17)13(10)20(4,5)6/h1,8-9H,2-6H3. The lowest BCUT2D eigenvalue weighted by Crippen LogP contribution is -2.43. The zero-order chi connectivity index (χ0) is 15.7. The number of hydrogen-bond acceptors (Lipinski definition) is 4. The summed E-state index contributed by atoms with van der Waals surface area (Å²) in [4.78, 5) is 12.0. The van der Waals surface area contributed by atoms with Gasteiger partial charge in [0.15, 0.2) is 9.84 Å². The van der Waals surface area contributed by atoms with Crippen molar-refractivity contribution < 1.29 is 17.9 Å². The van der Waals surface area contributed by atoms with E-state index in [0.717, 1.165) is 6.26 Å². The third kappa shape index (κ3) is 3.11. The molecule has 1 aromatic rings. The minimum atomic E-state index is -3.41. The van der Waals surface area contributed by atoms with Crippen LogP contribution in [0.3, 0.4) is 0 Å². The topological polar surface area (TPSA) is 60.4 Å². The minimum absolute atomic E-state index is 0.206. The zero-order valence-electron chi connectivity index (χ0n) is 12.3. The number of rotatable bonds is 3. The Hall–Kier alpha value is -1.58. The summed E-state index contributed by atoms with van der Waals surface area (Å²) in [7, 11) is -4.22. The Morgan fingerprint density at radius 1 is 1.30 bits per heavy atom. The van der Waals surface area contributed by atoms with Gasteiger partial charge in [0, 0.05) is 11.8 Å². The summed E-state index contributed by atoms with van der Waals surface area (Å²) in [6, 6.07) is 2.86. The molecule has 1 rings (SSSR count). The number of carbonyl (C=O) groups excluding carboxylic acids is 1. The molecule has 0 aromatic heterocycles. The number of ether oxygens (including phenoxy) is 1. The molecule has 4 nitrogen and oxygen atoms in total.